The number of benzene rings is 1. The maximum absolute atomic E-state index is 13.8. The largest absolute Gasteiger partial charge is 0.393 e. The molecule has 1 aromatic carbocycles. The number of aliphatic hydroxyl groups excluding tert-OH is 3. The fourth-order valence-corrected chi connectivity index (χ4v) is 10.4. The van der Waals surface area contributed by atoms with E-state index in [9.17, 15) is 24.5 Å². The van der Waals surface area contributed by atoms with E-state index in [1.165, 1.54) is 12.1 Å². The van der Waals surface area contributed by atoms with Crippen molar-refractivity contribution in [3.8, 4) is 0 Å². The van der Waals surface area contributed by atoms with Crippen molar-refractivity contribution in [3.05, 3.63) is 29.6 Å². The van der Waals surface area contributed by atoms with Gasteiger partial charge in [-0.1, -0.05) is 26.8 Å². The molecule has 1 heterocycles. The van der Waals surface area contributed by atoms with E-state index in [1.807, 2.05) is 0 Å². The average molecular weight is 528 g/mol. The van der Waals surface area contributed by atoms with Crippen molar-refractivity contribution in [1.82, 2.24) is 0 Å². The third kappa shape index (κ3) is 3.99. The molecule has 210 valence electrons. The molecule has 0 aromatic heterocycles. The molecule has 4 saturated carbocycles. The van der Waals surface area contributed by atoms with Crippen LogP contribution in [0.2, 0.25) is 0 Å². The number of fused-ring (bicyclic) bond motifs is 6. The second kappa shape index (κ2) is 9.55. The van der Waals surface area contributed by atoms with Gasteiger partial charge < -0.3 is 20.2 Å². The quantitative estimate of drug-likeness (QED) is 0.509. The highest BCUT2D eigenvalue weighted by Crippen LogP contribution is 2.68. The van der Waals surface area contributed by atoms with E-state index in [4.69, 9.17) is 0 Å². The Kier molecular flexibility index (Phi) is 6.72. The maximum atomic E-state index is 13.8. The molecule has 3 N–H and O–H groups in total. The molecule has 6 heteroatoms. The molecule has 0 spiro atoms. The number of halogens is 1. The molecule has 4 aliphatic carbocycles. The Morgan fingerprint density at radius 3 is 2.68 bits per heavy atom. The van der Waals surface area contributed by atoms with Crippen LogP contribution in [0.25, 0.3) is 0 Å². The molecule has 5 aliphatic rings. The van der Waals surface area contributed by atoms with E-state index in [-0.39, 0.29) is 52.5 Å². The van der Waals surface area contributed by atoms with E-state index >= 15 is 0 Å². The summed E-state index contributed by atoms with van der Waals surface area (Å²) in [5.74, 6) is 1.46. The summed E-state index contributed by atoms with van der Waals surface area (Å²) in [7, 11) is 0. The standard InChI is InChI=1S/C32H46FNO4/c1-18(4-9-29(38)34-13-11-19-5-6-21(33)16-26(19)34)23-7-8-24-30-25(17-28(37)32(23,24)3)31(2)12-10-22(35)14-20(31)15-27(30)36/h5-6,16,18,20,22-25,27-28,30,35-37H,4,7-15,17H2,1-3H3/t18-,20+,22-,23-,24+,25+,27-,28+,30+,31+,32-/m1/s1. The third-order valence-corrected chi connectivity index (χ3v) is 12.6. The number of hydrogen-bond donors (Lipinski definition) is 3. The number of amides is 1. The summed E-state index contributed by atoms with van der Waals surface area (Å²) < 4.78 is 13.8. The van der Waals surface area contributed by atoms with E-state index < -0.39 is 6.10 Å². The highest BCUT2D eigenvalue weighted by molar-refractivity contribution is 5.95. The molecule has 11 atom stereocenters. The van der Waals surface area contributed by atoms with E-state index in [0.29, 0.717) is 30.7 Å². The van der Waals surface area contributed by atoms with E-state index in [1.54, 1.807) is 11.0 Å². The van der Waals surface area contributed by atoms with Gasteiger partial charge in [0.25, 0.3) is 0 Å². The number of hydrogen-bond acceptors (Lipinski definition) is 4. The normalized spacial score (nSPS) is 44.7. The van der Waals surface area contributed by atoms with Crippen molar-refractivity contribution in [3.63, 3.8) is 0 Å². The van der Waals surface area contributed by atoms with Gasteiger partial charge in [0, 0.05) is 18.7 Å². The minimum atomic E-state index is -0.414. The zero-order valence-electron chi connectivity index (χ0n) is 23.3. The molecule has 1 aliphatic heterocycles. The fraction of sp³-hybridized carbons (Fsp3) is 0.781. The lowest BCUT2D eigenvalue weighted by atomic mass is 9.43. The molecular formula is C32H46FNO4. The first-order chi connectivity index (χ1) is 18.0. The summed E-state index contributed by atoms with van der Waals surface area (Å²) in [5.41, 5.74) is 1.57. The van der Waals surface area contributed by atoms with Gasteiger partial charge in [-0.3, -0.25) is 4.79 Å². The topological polar surface area (TPSA) is 81.0 Å². The van der Waals surface area contributed by atoms with Crippen molar-refractivity contribution in [2.24, 2.45) is 46.3 Å². The molecule has 1 amide bonds. The molecule has 0 bridgehead atoms. The molecule has 1 aromatic rings. The summed E-state index contributed by atoms with van der Waals surface area (Å²) >= 11 is 0. The molecular weight excluding hydrogens is 481 g/mol. The monoisotopic (exact) mass is 527 g/mol. The average Bonchev–Trinajstić information content (AvgIpc) is 3.45. The Bertz CT molecular complexity index is 1080. The Morgan fingerprint density at radius 1 is 1.11 bits per heavy atom. The second-order valence-electron chi connectivity index (χ2n) is 14.1. The van der Waals surface area contributed by atoms with E-state index in [2.05, 4.69) is 20.8 Å². The highest BCUT2D eigenvalue weighted by atomic mass is 19.1. The molecule has 38 heavy (non-hydrogen) atoms. The molecule has 0 radical (unpaired) electrons. The molecule has 6 rings (SSSR count). The van der Waals surface area contributed by atoms with Crippen LogP contribution in [0.3, 0.4) is 0 Å². The van der Waals surface area contributed by atoms with Gasteiger partial charge in [-0.15, -0.1) is 0 Å². The molecule has 0 saturated heterocycles. The number of nitrogens with zero attached hydrogens (tertiary/aromatic N) is 1. The summed E-state index contributed by atoms with van der Waals surface area (Å²) in [6.07, 6.45) is 7.05. The number of rotatable bonds is 4. The minimum absolute atomic E-state index is 0.0614. The Balaban J connectivity index is 1.16. The van der Waals surface area contributed by atoms with Gasteiger partial charge in [-0.05, 0) is 122 Å². The van der Waals surface area contributed by atoms with Crippen LogP contribution in [0.1, 0.15) is 84.1 Å². The predicted octanol–water partition coefficient (Wildman–Crippen LogP) is 5.09. The van der Waals surface area contributed by atoms with Crippen molar-refractivity contribution in [2.45, 2.75) is 103 Å². The highest BCUT2D eigenvalue weighted by Gasteiger charge is 2.65. The van der Waals surface area contributed by atoms with Crippen LogP contribution in [0.15, 0.2) is 18.2 Å². The molecule has 4 fully saturated rings. The first-order valence-corrected chi connectivity index (χ1v) is 15.2. The van der Waals surface area contributed by atoms with Gasteiger partial charge in [0.2, 0.25) is 5.91 Å². The molecule has 0 unspecified atom stereocenters. The lowest BCUT2D eigenvalue weighted by Gasteiger charge is -2.63. The Labute approximate surface area is 226 Å². The van der Waals surface area contributed by atoms with Crippen molar-refractivity contribution >= 4 is 11.6 Å². The minimum Gasteiger partial charge on any atom is -0.393 e. The Morgan fingerprint density at radius 2 is 1.89 bits per heavy atom. The summed E-state index contributed by atoms with van der Waals surface area (Å²) in [6.45, 7) is 7.48. The van der Waals surface area contributed by atoms with Crippen molar-refractivity contribution in [1.29, 1.82) is 0 Å². The predicted molar refractivity (Wildman–Crippen MR) is 145 cm³/mol. The zero-order chi connectivity index (χ0) is 27.0. The van der Waals surface area contributed by atoms with Crippen LogP contribution < -0.4 is 4.90 Å². The SMILES string of the molecule is C[C@H](CCC(=O)N1CCc2ccc(F)cc21)[C@H]1CC[C@H]2[C@@H]3[C@H](O)C[C@@H]4C[C@H](O)CC[C@]4(C)[C@H]3C[C@H](O)[C@]12C. The van der Waals surface area contributed by atoms with Crippen LogP contribution in [-0.4, -0.2) is 46.1 Å². The summed E-state index contributed by atoms with van der Waals surface area (Å²) in [5, 5.41) is 33.6. The number of anilines is 1. The third-order valence-electron chi connectivity index (χ3n) is 12.6. The number of aliphatic hydroxyl groups is 3. The zero-order valence-corrected chi connectivity index (χ0v) is 23.3. The lowest BCUT2D eigenvalue weighted by Crippen LogP contribution is -2.62. The van der Waals surface area contributed by atoms with Crippen molar-refractivity contribution < 1.29 is 24.5 Å². The van der Waals surface area contributed by atoms with Crippen LogP contribution in [-0.2, 0) is 11.2 Å². The van der Waals surface area contributed by atoms with Gasteiger partial charge >= 0.3 is 0 Å². The second-order valence-corrected chi connectivity index (χ2v) is 14.1. The van der Waals surface area contributed by atoms with Crippen LogP contribution in [0.5, 0.6) is 0 Å². The first-order valence-electron chi connectivity index (χ1n) is 15.2. The van der Waals surface area contributed by atoms with Gasteiger partial charge in [0.05, 0.1) is 18.3 Å². The fourth-order valence-electron chi connectivity index (χ4n) is 10.4. The summed E-state index contributed by atoms with van der Waals surface area (Å²) in [6, 6.07) is 4.73. The molecule has 5 nitrogen and oxygen atoms in total. The van der Waals surface area contributed by atoms with Gasteiger partial charge in [-0.25, -0.2) is 4.39 Å². The van der Waals surface area contributed by atoms with Crippen LogP contribution in [0.4, 0.5) is 10.1 Å². The summed E-state index contributed by atoms with van der Waals surface area (Å²) in [4.78, 5) is 14.9. The van der Waals surface area contributed by atoms with Crippen molar-refractivity contribution in [2.75, 3.05) is 11.4 Å². The smallest absolute Gasteiger partial charge is 0.227 e. The maximum Gasteiger partial charge on any atom is 0.227 e. The van der Waals surface area contributed by atoms with Crippen LogP contribution in [0, 0.1) is 52.2 Å². The van der Waals surface area contributed by atoms with Crippen LogP contribution >= 0.6 is 0 Å². The van der Waals surface area contributed by atoms with Gasteiger partial charge in [0.15, 0.2) is 0 Å². The van der Waals surface area contributed by atoms with Gasteiger partial charge in [-0.2, -0.15) is 0 Å². The number of carbonyl (C=O) groups is 1. The van der Waals surface area contributed by atoms with E-state index in [0.717, 1.165) is 69.0 Å². The Hall–Kier alpha value is -1.50. The first kappa shape index (κ1) is 26.7. The van der Waals surface area contributed by atoms with Gasteiger partial charge in [0.1, 0.15) is 5.82 Å². The lowest BCUT2D eigenvalue weighted by molar-refractivity contribution is -0.207. The number of carbonyl (C=O) groups excluding carboxylic acids is 1.